The van der Waals surface area contributed by atoms with Gasteiger partial charge in [0.2, 0.25) is 0 Å². The van der Waals surface area contributed by atoms with Crippen LogP contribution in [0.25, 0.3) is 11.1 Å². The minimum atomic E-state index is -0.0636. The third-order valence-corrected chi connectivity index (χ3v) is 8.14. The van der Waals surface area contributed by atoms with E-state index >= 15 is 0 Å². The van der Waals surface area contributed by atoms with Crippen LogP contribution in [0, 0.1) is 21.7 Å². The fourth-order valence-corrected chi connectivity index (χ4v) is 5.86. The molecule has 0 heteroatoms. The molecule has 0 amide bonds. The smallest absolute Gasteiger partial charge is 0.0315 e. The molecule has 0 heterocycles. The highest BCUT2D eigenvalue weighted by atomic mass is 14.6. The van der Waals surface area contributed by atoms with Crippen LogP contribution in [-0.2, 0) is 0 Å². The summed E-state index contributed by atoms with van der Waals surface area (Å²) in [7, 11) is 0. The van der Waals surface area contributed by atoms with Gasteiger partial charge in [-0.05, 0) is 55.4 Å². The van der Waals surface area contributed by atoms with E-state index < -0.39 is 0 Å². The topological polar surface area (TPSA) is 0 Å². The highest BCUT2D eigenvalue weighted by molar-refractivity contribution is 5.98. The molecular weight excluding hydrogens is 360 g/mol. The minimum absolute atomic E-state index is 0.0636. The Labute approximate surface area is 182 Å². The molecule has 5 rings (SSSR count). The Hall–Kier alpha value is -2.34. The zero-order valence-corrected chi connectivity index (χ0v) is 19.8. The lowest BCUT2D eigenvalue weighted by Gasteiger charge is -2.59. The van der Waals surface area contributed by atoms with E-state index in [0.717, 1.165) is 0 Å². The Morgan fingerprint density at radius 3 is 1.27 bits per heavy atom. The van der Waals surface area contributed by atoms with Crippen molar-refractivity contribution >= 4 is 11.1 Å². The van der Waals surface area contributed by atoms with Crippen molar-refractivity contribution in [3.8, 4) is 0 Å². The van der Waals surface area contributed by atoms with Gasteiger partial charge in [0.25, 0.3) is 0 Å². The van der Waals surface area contributed by atoms with Gasteiger partial charge in [0.15, 0.2) is 0 Å². The lowest BCUT2D eigenvalue weighted by atomic mass is 9.43. The van der Waals surface area contributed by atoms with Crippen molar-refractivity contribution in [1.29, 1.82) is 0 Å². The van der Waals surface area contributed by atoms with Crippen LogP contribution in [0.15, 0.2) is 83.0 Å². The van der Waals surface area contributed by atoms with Crippen LogP contribution in [0.2, 0.25) is 0 Å². The Bertz CT molecular complexity index is 1060. The van der Waals surface area contributed by atoms with Gasteiger partial charge in [-0.2, -0.15) is 0 Å². The molecule has 154 valence electrons. The minimum Gasteiger partial charge on any atom is -0.0616 e. The second-order valence-corrected chi connectivity index (χ2v) is 11.9. The molecule has 2 unspecified atom stereocenters. The quantitative estimate of drug-likeness (QED) is 0.415. The van der Waals surface area contributed by atoms with Gasteiger partial charge >= 0.3 is 0 Å². The molecule has 0 saturated heterocycles. The summed E-state index contributed by atoms with van der Waals surface area (Å²) in [5.41, 5.74) is 11.6. The van der Waals surface area contributed by atoms with E-state index in [0.29, 0.717) is 0 Å². The molecule has 0 N–H and O–H groups in total. The molecule has 2 atom stereocenters. The molecule has 0 aliphatic heterocycles. The predicted octanol–water partition coefficient (Wildman–Crippen LogP) is 8.32. The first-order valence-electron chi connectivity index (χ1n) is 11.3. The summed E-state index contributed by atoms with van der Waals surface area (Å²) in [6.45, 7) is 18.9. The van der Waals surface area contributed by atoms with Crippen molar-refractivity contribution in [3.05, 3.63) is 94.1 Å². The zero-order valence-electron chi connectivity index (χ0n) is 19.8. The van der Waals surface area contributed by atoms with Crippen molar-refractivity contribution in [2.45, 2.75) is 55.4 Å². The normalized spacial score (nSPS) is 29.5. The van der Waals surface area contributed by atoms with E-state index in [1.165, 1.54) is 44.6 Å². The number of hydrogen-bond acceptors (Lipinski definition) is 0. The number of fused-ring (bicyclic) bond motifs is 3. The van der Waals surface area contributed by atoms with Crippen LogP contribution in [0.5, 0.6) is 0 Å². The molecular formula is C30H34. The Morgan fingerprint density at radius 2 is 0.933 bits per heavy atom. The number of rotatable bonds is 0. The van der Waals surface area contributed by atoms with Gasteiger partial charge < -0.3 is 0 Å². The Balaban J connectivity index is 1.92. The van der Waals surface area contributed by atoms with Gasteiger partial charge in [0.1, 0.15) is 0 Å². The first kappa shape index (κ1) is 19.6. The maximum atomic E-state index is 2.50. The van der Waals surface area contributed by atoms with Crippen molar-refractivity contribution in [2.24, 2.45) is 21.7 Å². The molecule has 30 heavy (non-hydrogen) atoms. The molecule has 0 bridgehead atoms. The standard InChI is InChI=1S/C30H34/c1-27(2,3)21-15-19-13-14-20-16-22(28(4,5)6)18-26-24-12-10-9-11-23(24)25(17-21)29(19,7)30(20,26)8/h9-18H,1-8H3. The summed E-state index contributed by atoms with van der Waals surface area (Å²) in [6.07, 6.45) is 14.7. The molecule has 0 spiro atoms. The van der Waals surface area contributed by atoms with Crippen LogP contribution < -0.4 is 0 Å². The van der Waals surface area contributed by atoms with E-state index in [-0.39, 0.29) is 21.7 Å². The number of hydrogen-bond donors (Lipinski definition) is 0. The van der Waals surface area contributed by atoms with Crippen molar-refractivity contribution in [2.75, 3.05) is 0 Å². The average Bonchev–Trinajstić information content (AvgIpc) is 2.65. The van der Waals surface area contributed by atoms with Crippen molar-refractivity contribution in [1.82, 2.24) is 0 Å². The SMILES string of the molecule is CC(C)(C)C1=CC2=CC=C3C=C(C(C)(C)C)C=C4c5ccccc5C(=C1)C2(C)C34C. The summed E-state index contributed by atoms with van der Waals surface area (Å²) in [4.78, 5) is 0. The molecule has 1 aromatic rings. The van der Waals surface area contributed by atoms with Crippen LogP contribution in [-0.4, -0.2) is 0 Å². The maximum absolute atomic E-state index is 2.50. The number of allylic oxidation sites excluding steroid dienone is 12. The van der Waals surface area contributed by atoms with Crippen LogP contribution in [0.1, 0.15) is 66.5 Å². The van der Waals surface area contributed by atoms with E-state index in [1.54, 1.807) is 0 Å². The van der Waals surface area contributed by atoms with Gasteiger partial charge in [0, 0.05) is 10.8 Å². The van der Waals surface area contributed by atoms with Crippen LogP contribution in [0.3, 0.4) is 0 Å². The van der Waals surface area contributed by atoms with E-state index in [9.17, 15) is 0 Å². The van der Waals surface area contributed by atoms with Gasteiger partial charge in [-0.1, -0.05) is 116 Å². The molecule has 0 radical (unpaired) electrons. The van der Waals surface area contributed by atoms with E-state index in [4.69, 9.17) is 0 Å². The van der Waals surface area contributed by atoms with Gasteiger partial charge in [0.05, 0.1) is 0 Å². The summed E-state index contributed by atoms with van der Waals surface area (Å²) >= 11 is 0. The van der Waals surface area contributed by atoms with Crippen molar-refractivity contribution in [3.63, 3.8) is 0 Å². The third kappa shape index (κ3) is 2.28. The van der Waals surface area contributed by atoms with Crippen LogP contribution >= 0.6 is 0 Å². The van der Waals surface area contributed by atoms with Crippen molar-refractivity contribution < 1.29 is 0 Å². The van der Waals surface area contributed by atoms with Gasteiger partial charge in [-0.15, -0.1) is 0 Å². The van der Waals surface area contributed by atoms with Crippen LogP contribution in [0.4, 0.5) is 0 Å². The first-order chi connectivity index (χ1) is 13.9. The first-order valence-corrected chi connectivity index (χ1v) is 11.3. The van der Waals surface area contributed by atoms with E-state index in [1.807, 2.05) is 0 Å². The second kappa shape index (κ2) is 5.67. The molecule has 0 saturated carbocycles. The molecule has 4 aliphatic carbocycles. The largest absolute Gasteiger partial charge is 0.0616 e. The fraction of sp³-hybridized carbons (Fsp3) is 0.400. The van der Waals surface area contributed by atoms with E-state index in [2.05, 4.69) is 116 Å². The average molecular weight is 395 g/mol. The molecule has 0 fully saturated rings. The molecule has 0 aromatic heterocycles. The molecule has 4 aliphatic rings. The highest BCUT2D eigenvalue weighted by Crippen LogP contribution is 2.71. The van der Waals surface area contributed by atoms with Gasteiger partial charge in [-0.25, -0.2) is 0 Å². The summed E-state index contributed by atoms with van der Waals surface area (Å²) < 4.78 is 0. The Morgan fingerprint density at radius 1 is 0.567 bits per heavy atom. The lowest BCUT2D eigenvalue weighted by Crippen LogP contribution is -2.48. The Kier molecular flexibility index (Phi) is 3.70. The highest BCUT2D eigenvalue weighted by Gasteiger charge is 2.59. The fourth-order valence-electron chi connectivity index (χ4n) is 5.86. The number of benzene rings is 1. The summed E-state index contributed by atoms with van der Waals surface area (Å²) in [5, 5.41) is 0. The second-order valence-electron chi connectivity index (χ2n) is 11.9. The molecule has 0 nitrogen and oxygen atoms in total. The third-order valence-electron chi connectivity index (χ3n) is 8.14. The van der Waals surface area contributed by atoms with Gasteiger partial charge in [-0.3, -0.25) is 0 Å². The molecule has 1 aromatic carbocycles. The predicted molar refractivity (Wildman–Crippen MR) is 130 cm³/mol. The maximum Gasteiger partial charge on any atom is 0.0315 e. The summed E-state index contributed by atoms with van der Waals surface area (Å²) in [5.74, 6) is 0. The zero-order chi connectivity index (χ0) is 21.7. The summed E-state index contributed by atoms with van der Waals surface area (Å²) in [6, 6.07) is 9.08. The monoisotopic (exact) mass is 394 g/mol. The lowest BCUT2D eigenvalue weighted by molar-refractivity contribution is 0.298.